The van der Waals surface area contributed by atoms with Crippen molar-refractivity contribution >= 4 is 17.3 Å². The molecule has 0 aliphatic carbocycles. The van der Waals surface area contributed by atoms with E-state index < -0.39 is 0 Å². The molecule has 0 saturated carbocycles. The van der Waals surface area contributed by atoms with Crippen molar-refractivity contribution in [2.24, 2.45) is 0 Å². The Bertz CT molecular complexity index is 948. The van der Waals surface area contributed by atoms with Crippen molar-refractivity contribution in [3.05, 3.63) is 83.4 Å². The van der Waals surface area contributed by atoms with E-state index in [0.29, 0.717) is 0 Å². The highest BCUT2D eigenvalue weighted by Crippen LogP contribution is 2.38. The molecule has 132 valence electrons. The second-order valence-corrected chi connectivity index (χ2v) is 7.20. The molecule has 0 bridgehead atoms. The number of nitrogens with one attached hydrogen (secondary N) is 1. The van der Waals surface area contributed by atoms with Gasteiger partial charge in [0.1, 0.15) is 0 Å². The summed E-state index contributed by atoms with van der Waals surface area (Å²) >= 11 is 5.55. The Hall–Kier alpha value is -2.66. The summed E-state index contributed by atoms with van der Waals surface area (Å²) in [6.07, 6.45) is 3.95. The molecule has 2 aromatic heterocycles. The first kappa shape index (κ1) is 16.8. The zero-order chi connectivity index (χ0) is 18.3. The molecular formula is C21H22N4S. The fraction of sp³-hybridized carbons (Fsp3) is 0.238. The summed E-state index contributed by atoms with van der Waals surface area (Å²) in [5.74, 6) is 0. The Morgan fingerprint density at radius 2 is 1.88 bits per heavy atom. The van der Waals surface area contributed by atoms with Crippen LogP contribution in [0.5, 0.6) is 0 Å². The minimum atomic E-state index is 0.0221. The maximum Gasteiger partial charge on any atom is 0.169 e. The molecule has 3 heterocycles. The minimum absolute atomic E-state index is 0.0221. The SMILES string of the molecule is Cc1ccc(-n2cccc2[C@@H]2[C@H](c3ccccn3)NC(=S)N2C)cc1C. The number of rotatable bonds is 3. The molecule has 1 saturated heterocycles. The number of aryl methyl sites for hydroxylation is 2. The maximum atomic E-state index is 5.55. The highest BCUT2D eigenvalue weighted by atomic mass is 32.1. The first-order valence-electron chi connectivity index (χ1n) is 8.75. The Morgan fingerprint density at radius 1 is 1.04 bits per heavy atom. The van der Waals surface area contributed by atoms with Crippen LogP contribution in [-0.4, -0.2) is 26.6 Å². The van der Waals surface area contributed by atoms with Gasteiger partial charge in [0.25, 0.3) is 0 Å². The van der Waals surface area contributed by atoms with Crippen LogP contribution in [0.3, 0.4) is 0 Å². The largest absolute Gasteiger partial charge is 0.352 e. The fourth-order valence-corrected chi connectivity index (χ4v) is 3.81. The minimum Gasteiger partial charge on any atom is -0.352 e. The van der Waals surface area contributed by atoms with Crippen molar-refractivity contribution in [3.63, 3.8) is 0 Å². The van der Waals surface area contributed by atoms with Crippen molar-refractivity contribution < 1.29 is 0 Å². The molecule has 1 aliphatic rings. The molecule has 1 aromatic carbocycles. The number of benzene rings is 1. The molecule has 0 unspecified atom stereocenters. The lowest BCUT2D eigenvalue weighted by molar-refractivity contribution is 0.357. The summed E-state index contributed by atoms with van der Waals surface area (Å²) in [7, 11) is 2.04. The predicted octanol–water partition coefficient (Wildman–Crippen LogP) is 4.09. The van der Waals surface area contributed by atoms with Crippen LogP contribution >= 0.6 is 12.2 Å². The molecule has 1 N–H and O–H groups in total. The van der Waals surface area contributed by atoms with Gasteiger partial charge in [-0.3, -0.25) is 4.98 Å². The number of thiocarbonyl (C=S) groups is 1. The van der Waals surface area contributed by atoms with Crippen molar-refractivity contribution in [2.75, 3.05) is 7.05 Å². The van der Waals surface area contributed by atoms with E-state index in [0.717, 1.165) is 10.8 Å². The van der Waals surface area contributed by atoms with Gasteiger partial charge in [-0.25, -0.2) is 0 Å². The fourth-order valence-electron chi connectivity index (χ4n) is 3.57. The van der Waals surface area contributed by atoms with Crippen LogP contribution in [0.4, 0.5) is 0 Å². The first-order valence-corrected chi connectivity index (χ1v) is 9.16. The lowest BCUT2D eigenvalue weighted by Gasteiger charge is -2.26. The average Bonchev–Trinajstić information content (AvgIpc) is 3.23. The van der Waals surface area contributed by atoms with Crippen molar-refractivity contribution in [3.8, 4) is 5.69 Å². The lowest BCUT2D eigenvalue weighted by Crippen LogP contribution is -2.25. The summed E-state index contributed by atoms with van der Waals surface area (Å²) < 4.78 is 2.25. The van der Waals surface area contributed by atoms with Gasteiger partial charge in [0.15, 0.2) is 5.11 Å². The van der Waals surface area contributed by atoms with Gasteiger partial charge in [0.2, 0.25) is 0 Å². The van der Waals surface area contributed by atoms with Crippen molar-refractivity contribution in [1.29, 1.82) is 0 Å². The molecule has 4 rings (SSSR count). The van der Waals surface area contributed by atoms with Crippen LogP contribution in [0.1, 0.15) is 34.6 Å². The van der Waals surface area contributed by atoms with Crippen LogP contribution < -0.4 is 5.32 Å². The molecule has 26 heavy (non-hydrogen) atoms. The Morgan fingerprint density at radius 3 is 2.62 bits per heavy atom. The highest BCUT2D eigenvalue weighted by molar-refractivity contribution is 7.80. The van der Waals surface area contributed by atoms with E-state index in [1.54, 1.807) is 0 Å². The molecule has 2 atom stereocenters. The molecule has 0 radical (unpaired) electrons. The Labute approximate surface area is 159 Å². The molecule has 0 amide bonds. The maximum absolute atomic E-state index is 5.55. The van der Waals surface area contributed by atoms with Gasteiger partial charge in [0.05, 0.1) is 17.8 Å². The van der Waals surface area contributed by atoms with Crippen molar-refractivity contribution in [1.82, 2.24) is 19.8 Å². The summed E-state index contributed by atoms with van der Waals surface area (Å²) in [5, 5.41) is 4.19. The number of aromatic nitrogens is 2. The summed E-state index contributed by atoms with van der Waals surface area (Å²) in [6, 6.07) is 16.9. The number of hydrogen-bond donors (Lipinski definition) is 1. The molecule has 5 heteroatoms. The van der Waals surface area contributed by atoms with Crippen LogP contribution in [0.15, 0.2) is 60.9 Å². The van der Waals surface area contributed by atoms with Crippen LogP contribution in [0, 0.1) is 13.8 Å². The Balaban J connectivity index is 1.80. The summed E-state index contributed by atoms with van der Waals surface area (Å²) in [5.41, 5.74) is 5.95. The van der Waals surface area contributed by atoms with Crippen LogP contribution in [0.25, 0.3) is 5.69 Å². The smallest absolute Gasteiger partial charge is 0.169 e. The molecule has 1 aliphatic heterocycles. The zero-order valence-electron chi connectivity index (χ0n) is 15.2. The van der Waals surface area contributed by atoms with E-state index in [1.807, 2.05) is 25.4 Å². The van der Waals surface area contributed by atoms with E-state index in [2.05, 4.69) is 76.2 Å². The predicted molar refractivity (Wildman–Crippen MR) is 108 cm³/mol. The number of nitrogens with zero attached hydrogens (tertiary/aromatic N) is 3. The normalized spacial score (nSPS) is 19.7. The van der Waals surface area contributed by atoms with E-state index in [1.165, 1.54) is 22.5 Å². The van der Waals surface area contributed by atoms with E-state index in [4.69, 9.17) is 12.2 Å². The highest BCUT2D eigenvalue weighted by Gasteiger charge is 2.39. The molecular weight excluding hydrogens is 340 g/mol. The summed E-state index contributed by atoms with van der Waals surface area (Å²) in [4.78, 5) is 6.69. The van der Waals surface area contributed by atoms with E-state index in [-0.39, 0.29) is 12.1 Å². The number of hydrogen-bond acceptors (Lipinski definition) is 2. The van der Waals surface area contributed by atoms with Crippen LogP contribution in [0.2, 0.25) is 0 Å². The molecule has 3 aromatic rings. The van der Waals surface area contributed by atoms with Gasteiger partial charge in [-0.2, -0.15) is 0 Å². The van der Waals surface area contributed by atoms with Crippen LogP contribution in [-0.2, 0) is 0 Å². The molecule has 0 spiro atoms. The van der Waals surface area contributed by atoms with E-state index in [9.17, 15) is 0 Å². The number of pyridine rings is 1. The van der Waals surface area contributed by atoms with Gasteiger partial charge in [-0.05, 0) is 73.6 Å². The second-order valence-electron chi connectivity index (χ2n) is 6.81. The van der Waals surface area contributed by atoms with Crippen molar-refractivity contribution in [2.45, 2.75) is 25.9 Å². The third kappa shape index (κ3) is 2.78. The second kappa shape index (κ2) is 6.57. The quantitative estimate of drug-likeness (QED) is 0.712. The molecule has 4 nitrogen and oxygen atoms in total. The first-order chi connectivity index (χ1) is 12.6. The third-order valence-electron chi connectivity index (χ3n) is 5.19. The zero-order valence-corrected chi connectivity index (χ0v) is 16.0. The Kier molecular flexibility index (Phi) is 4.24. The summed E-state index contributed by atoms with van der Waals surface area (Å²) in [6.45, 7) is 4.29. The molecule has 1 fully saturated rings. The van der Waals surface area contributed by atoms with Gasteiger partial charge in [-0.15, -0.1) is 0 Å². The number of likely N-dealkylation sites (N-methyl/N-ethyl adjacent to an activating group) is 1. The third-order valence-corrected chi connectivity index (χ3v) is 5.60. The van der Waals surface area contributed by atoms with Gasteiger partial charge in [0, 0.05) is 30.8 Å². The van der Waals surface area contributed by atoms with Gasteiger partial charge >= 0.3 is 0 Å². The standard InChI is InChI=1S/C21H22N4S/c1-14-9-10-16(13-15(14)2)25-12-6-8-18(25)20-19(23-21(26)24(20)3)17-7-4-5-11-22-17/h4-13,19-20H,1-3H3,(H,23,26)/t19-,20+/m0/s1. The average molecular weight is 363 g/mol. The topological polar surface area (TPSA) is 33.1 Å². The van der Waals surface area contributed by atoms with E-state index >= 15 is 0 Å². The van der Waals surface area contributed by atoms with Gasteiger partial charge < -0.3 is 14.8 Å². The van der Waals surface area contributed by atoms with Gasteiger partial charge in [-0.1, -0.05) is 12.1 Å². The lowest BCUT2D eigenvalue weighted by atomic mass is 10.0. The monoisotopic (exact) mass is 362 g/mol.